The Morgan fingerprint density at radius 3 is 2.36 bits per heavy atom. The lowest BCUT2D eigenvalue weighted by Gasteiger charge is -2.42. The lowest BCUT2D eigenvalue weighted by Crippen LogP contribution is -2.49. The molecule has 0 amide bonds. The maximum atomic E-state index is 12.9. The molecule has 4 heteroatoms. The van der Waals surface area contributed by atoms with Crippen molar-refractivity contribution in [2.24, 2.45) is 5.92 Å². The van der Waals surface area contributed by atoms with Gasteiger partial charge in [0, 0.05) is 35.6 Å². The first-order valence-corrected chi connectivity index (χ1v) is 10.9. The van der Waals surface area contributed by atoms with E-state index in [0.717, 1.165) is 51.1 Å². The fourth-order valence-corrected chi connectivity index (χ4v) is 4.81. The molecule has 2 fully saturated rings. The quantitative estimate of drug-likeness (QED) is 0.671. The molecule has 0 aromatic heterocycles. The topological polar surface area (TPSA) is 23.6 Å². The number of nitrogens with zero attached hydrogens (tertiary/aromatic N) is 2. The van der Waals surface area contributed by atoms with Crippen LogP contribution in [0.2, 0.25) is 5.02 Å². The Balaban J connectivity index is 1.30. The molecular formula is C24H29ClN2O. The normalized spacial score (nSPS) is 22.2. The van der Waals surface area contributed by atoms with Crippen LogP contribution in [0.1, 0.15) is 41.6 Å². The molecule has 2 aromatic rings. The second-order valence-corrected chi connectivity index (χ2v) is 8.63. The van der Waals surface area contributed by atoms with Gasteiger partial charge in [-0.3, -0.25) is 14.6 Å². The molecule has 2 aliphatic rings. The van der Waals surface area contributed by atoms with Crippen LogP contribution in [0.15, 0.2) is 54.6 Å². The summed E-state index contributed by atoms with van der Waals surface area (Å²) in [5.74, 6) is 0.403. The third-order valence-electron chi connectivity index (χ3n) is 6.27. The van der Waals surface area contributed by atoms with Crippen LogP contribution in [0.5, 0.6) is 0 Å². The second kappa shape index (κ2) is 9.21. The van der Waals surface area contributed by atoms with Gasteiger partial charge in [0.05, 0.1) is 0 Å². The Bertz CT molecular complexity index is 769. The SMILES string of the molecule is O=C(c1ccc(Cl)cc1)[C@H]1CCCN(C2CCN(Cc3ccccc3)CC2)C1. The average molecular weight is 397 g/mol. The molecule has 3 nitrogen and oxygen atoms in total. The zero-order valence-electron chi connectivity index (χ0n) is 16.4. The van der Waals surface area contributed by atoms with E-state index in [0.29, 0.717) is 11.1 Å². The summed E-state index contributed by atoms with van der Waals surface area (Å²) in [7, 11) is 0. The number of hydrogen-bond acceptors (Lipinski definition) is 3. The maximum absolute atomic E-state index is 12.9. The number of benzene rings is 2. The number of halogens is 1. The summed E-state index contributed by atoms with van der Waals surface area (Å²) >= 11 is 5.97. The molecule has 2 aromatic carbocycles. The molecule has 0 radical (unpaired) electrons. The lowest BCUT2D eigenvalue weighted by atomic mass is 9.88. The number of likely N-dealkylation sites (tertiary alicyclic amines) is 2. The molecule has 4 rings (SSSR count). The molecular weight excluding hydrogens is 368 g/mol. The van der Waals surface area contributed by atoms with E-state index < -0.39 is 0 Å². The van der Waals surface area contributed by atoms with Crippen molar-refractivity contribution in [2.45, 2.75) is 38.3 Å². The van der Waals surface area contributed by atoms with Crippen LogP contribution in [-0.4, -0.2) is 47.8 Å². The Morgan fingerprint density at radius 2 is 1.64 bits per heavy atom. The minimum absolute atomic E-state index is 0.122. The van der Waals surface area contributed by atoms with Gasteiger partial charge in [0.15, 0.2) is 5.78 Å². The first kappa shape index (κ1) is 19.6. The van der Waals surface area contributed by atoms with Gasteiger partial charge in [-0.05, 0) is 75.1 Å². The van der Waals surface area contributed by atoms with Crippen LogP contribution in [0.4, 0.5) is 0 Å². The monoisotopic (exact) mass is 396 g/mol. The molecule has 2 heterocycles. The lowest BCUT2D eigenvalue weighted by molar-refractivity contribution is 0.0584. The zero-order valence-corrected chi connectivity index (χ0v) is 17.2. The van der Waals surface area contributed by atoms with Crippen molar-refractivity contribution in [3.8, 4) is 0 Å². The van der Waals surface area contributed by atoms with E-state index in [1.54, 1.807) is 0 Å². The van der Waals surface area contributed by atoms with Gasteiger partial charge in [-0.25, -0.2) is 0 Å². The third-order valence-corrected chi connectivity index (χ3v) is 6.53. The summed E-state index contributed by atoms with van der Waals surface area (Å²) in [5.41, 5.74) is 2.20. The van der Waals surface area contributed by atoms with Gasteiger partial charge in [0.2, 0.25) is 0 Å². The van der Waals surface area contributed by atoms with E-state index in [-0.39, 0.29) is 11.7 Å². The van der Waals surface area contributed by atoms with Crippen molar-refractivity contribution in [2.75, 3.05) is 26.2 Å². The summed E-state index contributed by atoms with van der Waals surface area (Å²) in [6.45, 7) is 5.38. The van der Waals surface area contributed by atoms with E-state index >= 15 is 0 Å². The Labute approximate surface area is 173 Å². The van der Waals surface area contributed by atoms with E-state index in [4.69, 9.17) is 11.6 Å². The molecule has 0 aliphatic carbocycles. The smallest absolute Gasteiger partial charge is 0.167 e. The number of carbonyl (C=O) groups is 1. The first-order chi connectivity index (χ1) is 13.7. The predicted molar refractivity (Wildman–Crippen MR) is 115 cm³/mol. The molecule has 0 bridgehead atoms. The fraction of sp³-hybridized carbons (Fsp3) is 0.458. The Kier molecular flexibility index (Phi) is 6.46. The zero-order chi connectivity index (χ0) is 19.3. The molecule has 1 atom stereocenters. The Hall–Kier alpha value is -1.68. The van der Waals surface area contributed by atoms with Crippen molar-refractivity contribution < 1.29 is 4.79 Å². The van der Waals surface area contributed by atoms with E-state index in [1.807, 2.05) is 24.3 Å². The third kappa shape index (κ3) is 4.83. The molecule has 0 saturated carbocycles. The van der Waals surface area contributed by atoms with Crippen LogP contribution in [0, 0.1) is 5.92 Å². The van der Waals surface area contributed by atoms with Crippen molar-refractivity contribution in [3.63, 3.8) is 0 Å². The van der Waals surface area contributed by atoms with Gasteiger partial charge >= 0.3 is 0 Å². The van der Waals surface area contributed by atoms with Crippen LogP contribution < -0.4 is 0 Å². The van der Waals surface area contributed by atoms with Crippen LogP contribution in [0.25, 0.3) is 0 Å². The van der Waals surface area contributed by atoms with Crippen molar-refractivity contribution in [1.29, 1.82) is 0 Å². The maximum Gasteiger partial charge on any atom is 0.167 e. The van der Waals surface area contributed by atoms with Gasteiger partial charge in [-0.1, -0.05) is 41.9 Å². The summed E-state index contributed by atoms with van der Waals surface area (Å²) in [5, 5.41) is 0.684. The minimum Gasteiger partial charge on any atom is -0.300 e. The van der Waals surface area contributed by atoms with E-state index in [2.05, 4.69) is 40.1 Å². The molecule has 0 spiro atoms. The molecule has 2 aliphatic heterocycles. The number of Topliss-reactive ketones (excluding diaryl/α,β-unsaturated/α-hetero) is 1. The van der Waals surface area contributed by atoms with Gasteiger partial charge in [0.1, 0.15) is 0 Å². The molecule has 148 valence electrons. The average Bonchev–Trinajstić information content (AvgIpc) is 2.75. The van der Waals surface area contributed by atoms with Gasteiger partial charge in [0.25, 0.3) is 0 Å². The predicted octanol–water partition coefficient (Wildman–Crippen LogP) is 4.90. The van der Waals surface area contributed by atoms with Crippen molar-refractivity contribution in [1.82, 2.24) is 9.80 Å². The van der Waals surface area contributed by atoms with Gasteiger partial charge < -0.3 is 0 Å². The highest BCUT2D eigenvalue weighted by molar-refractivity contribution is 6.30. The number of carbonyl (C=O) groups excluding carboxylic acids is 1. The number of ketones is 1. The van der Waals surface area contributed by atoms with Crippen molar-refractivity contribution in [3.05, 3.63) is 70.7 Å². The number of hydrogen-bond donors (Lipinski definition) is 0. The largest absolute Gasteiger partial charge is 0.300 e. The van der Waals surface area contributed by atoms with Gasteiger partial charge in [-0.2, -0.15) is 0 Å². The van der Waals surface area contributed by atoms with Crippen molar-refractivity contribution >= 4 is 17.4 Å². The van der Waals surface area contributed by atoms with Crippen LogP contribution >= 0.6 is 11.6 Å². The summed E-state index contributed by atoms with van der Waals surface area (Å²) in [6, 6.07) is 18.7. The first-order valence-electron chi connectivity index (χ1n) is 10.5. The summed E-state index contributed by atoms with van der Waals surface area (Å²) < 4.78 is 0. The van der Waals surface area contributed by atoms with E-state index in [1.165, 1.54) is 18.4 Å². The highest BCUT2D eigenvalue weighted by Crippen LogP contribution is 2.27. The Morgan fingerprint density at radius 1 is 0.929 bits per heavy atom. The number of rotatable bonds is 5. The number of piperidine rings is 2. The minimum atomic E-state index is 0.122. The highest BCUT2D eigenvalue weighted by Gasteiger charge is 2.32. The second-order valence-electron chi connectivity index (χ2n) is 8.20. The summed E-state index contributed by atoms with van der Waals surface area (Å²) in [6.07, 6.45) is 4.53. The molecule has 2 saturated heterocycles. The highest BCUT2D eigenvalue weighted by atomic mass is 35.5. The van der Waals surface area contributed by atoms with Gasteiger partial charge in [-0.15, -0.1) is 0 Å². The standard InChI is InChI=1S/C24H29ClN2O/c25-22-10-8-20(9-11-22)24(28)21-7-4-14-27(18-21)23-12-15-26(16-13-23)17-19-5-2-1-3-6-19/h1-3,5-6,8-11,21,23H,4,7,12-18H2/t21-/m0/s1. The fourth-order valence-electron chi connectivity index (χ4n) is 4.69. The molecule has 0 unspecified atom stereocenters. The summed E-state index contributed by atoms with van der Waals surface area (Å²) in [4.78, 5) is 18.1. The van der Waals surface area contributed by atoms with E-state index in [9.17, 15) is 4.79 Å². The van der Waals surface area contributed by atoms with Crippen LogP contribution in [-0.2, 0) is 6.54 Å². The molecule has 0 N–H and O–H groups in total. The van der Waals surface area contributed by atoms with Crippen LogP contribution in [0.3, 0.4) is 0 Å². The molecule has 28 heavy (non-hydrogen) atoms.